The predicted octanol–water partition coefficient (Wildman–Crippen LogP) is 4.76. The molecular formula is C25H36N2O2. The van der Waals surface area contributed by atoms with Gasteiger partial charge in [-0.05, 0) is 81.6 Å². The largest absolute Gasteiger partial charge is 0.444 e. The van der Waals surface area contributed by atoms with Crippen molar-refractivity contribution in [3.05, 3.63) is 35.9 Å². The fraction of sp³-hybridized carbons (Fsp3) is 0.720. The minimum atomic E-state index is -0.418. The number of piperazine rings is 1. The minimum Gasteiger partial charge on any atom is -0.444 e. The van der Waals surface area contributed by atoms with Gasteiger partial charge in [0.2, 0.25) is 0 Å². The van der Waals surface area contributed by atoms with Crippen molar-refractivity contribution in [1.29, 1.82) is 0 Å². The van der Waals surface area contributed by atoms with Crippen molar-refractivity contribution in [3.63, 3.8) is 0 Å². The molecule has 6 atom stereocenters. The summed E-state index contributed by atoms with van der Waals surface area (Å²) in [6, 6.07) is 12.0. The van der Waals surface area contributed by atoms with E-state index < -0.39 is 5.60 Å². The third kappa shape index (κ3) is 3.69. The van der Waals surface area contributed by atoms with Crippen molar-refractivity contribution in [3.8, 4) is 0 Å². The second kappa shape index (κ2) is 7.30. The highest BCUT2D eigenvalue weighted by Crippen LogP contribution is 2.61. The fourth-order valence-corrected chi connectivity index (χ4v) is 7.17. The van der Waals surface area contributed by atoms with Gasteiger partial charge in [-0.15, -0.1) is 0 Å². The molecule has 4 heteroatoms. The Morgan fingerprint density at radius 1 is 0.931 bits per heavy atom. The third-order valence-corrected chi connectivity index (χ3v) is 7.95. The van der Waals surface area contributed by atoms with E-state index in [1.54, 1.807) is 5.56 Å². The van der Waals surface area contributed by atoms with Gasteiger partial charge in [-0.2, -0.15) is 0 Å². The summed E-state index contributed by atoms with van der Waals surface area (Å²) in [4.78, 5) is 17.1. The zero-order valence-electron chi connectivity index (χ0n) is 18.2. The lowest BCUT2D eigenvalue weighted by atomic mass is 9.48. The average Bonchev–Trinajstić information content (AvgIpc) is 2.67. The highest BCUT2D eigenvalue weighted by Gasteiger charge is 2.55. The molecule has 6 unspecified atom stereocenters. The van der Waals surface area contributed by atoms with Crippen molar-refractivity contribution in [2.45, 2.75) is 64.0 Å². The van der Waals surface area contributed by atoms with Crippen LogP contribution in [0.2, 0.25) is 0 Å². The molecule has 1 aromatic rings. The zero-order chi connectivity index (χ0) is 20.2. The lowest BCUT2D eigenvalue weighted by Crippen LogP contribution is -2.62. The molecule has 1 amide bonds. The van der Waals surface area contributed by atoms with Crippen LogP contribution in [0.1, 0.15) is 57.9 Å². The van der Waals surface area contributed by atoms with Crippen LogP contribution in [0.5, 0.6) is 0 Å². The summed E-state index contributed by atoms with van der Waals surface area (Å²) in [6.45, 7) is 9.42. The predicted molar refractivity (Wildman–Crippen MR) is 115 cm³/mol. The third-order valence-electron chi connectivity index (χ3n) is 7.95. The van der Waals surface area contributed by atoms with E-state index in [1.807, 2.05) is 25.7 Å². The number of ether oxygens (including phenoxy) is 1. The molecule has 6 rings (SSSR count). The van der Waals surface area contributed by atoms with Crippen LogP contribution in [0.15, 0.2) is 30.3 Å². The van der Waals surface area contributed by atoms with E-state index in [-0.39, 0.29) is 6.09 Å². The van der Waals surface area contributed by atoms with Crippen molar-refractivity contribution < 1.29 is 9.53 Å². The number of benzene rings is 1. The van der Waals surface area contributed by atoms with E-state index in [0.717, 1.165) is 55.8 Å². The van der Waals surface area contributed by atoms with Gasteiger partial charge in [-0.3, -0.25) is 4.90 Å². The van der Waals surface area contributed by atoms with Crippen molar-refractivity contribution in [2.24, 2.45) is 23.7 Å². The van der Waals surface area contributed by atoms with Crippen LogP contribution in [0.25, 0.3) is 0 Å². The molecule has 5 fully saturated rings. The van der Waals surface area contributed by atoms with Crippen LogP contribution < -0.4 is 0 Å². The fourth-order valence-electron chi connectivity index (χ4n) is 7.17. The molecule has 5 aliphatic rings. The Hall–Kier alpha value is -1.55. The average molecular weight is 397 g/mol. The molecule has 0 radical (unpaired) electrons. The van der Waals surface area contributed by atoms with Crippen LogP contribution >= 0.6 is 0 Å². The van der Waals surface area contributed by atoms with Gasteiger partial charge < -0.3 is 9.64 Å². The number of hydrogen-bond donors (Lipinski definition) is 0. The molecule has 0 N–H and O–H groups in total. The molecule has 4 aliphatic carbocycles. The first-order valence-electron chi connectivity index (χ1n) is 11.7. The highest BCUT2D eigenvalue weighted by molar-refractivity contribution is 5.68. The van der Waals surface area contributed by atoms with Crippen LogP contribution in [0.3, 0.4) is 0 Å². The number of hydrogen-bond acceptors (Lipinski definition) is 3. The van der Waals surface area contributed by atoms with Gasteiger partial charge in [0.1, 0.15) is 5.60 Å². The molecule has 158 valence electrons. The monoisotopic (exact) mass is 396 g/mol. The number of carbonyl (C=O) groups is 1. The van der Waals surface area contributed by atoms with Gasteiger partial charge in [-0.25, -0.2) is 4.79 Å². The van der Waals surface area contributed by atoms with Crippen molar-refractivity contribution in [1.82, 2.24) is 9.80 Å². The summed E-state index contributed by atoms with van der Waals surface area (Å²) >= 11 is 0. The van der Waals surface area contributed by atoms with Gasteiger partial charge in [-0.1, -0.05) is 30.3 Å². The molecule has 0 aromatic heterocycles. The lowest BCUT2D eigenvalue weighted by molar-refractivity contribution is -0.0907. The van der Waals surface area contributed by atoms with Crippen LogP contribution in [0, 0.1) is 23.7 Å². The molecule has 29 heavy (non-hydrogen) atoms. The van der Waals surface area contributed by atoms with E-state index in [2.05, 4.69) is 35.2 Å². The van der Waals surface area contributed by atoms with Crippen LogP contribution in [0.4, 0.5) is 4.79 Å². The Morgan fingerprint density at radius 2 is 1.62 bits per heavy atom. The SMILES string of the molecule is CC(C)(C)OC(=O)N1CCN(C2C3CC4CC(C3)C(c3ccccc3)C2C4)CC1. The summed E-state index contributed by atoms with van der Waals surface area (Å²) in [6.07, 6.45) is 5.55. The van der Waals surface area contributed by atoms with Gasteiger partial charge in [0.25, 0.3) is 0 Å². The molecule has 1 aromatic carbocycles. The van der Waals surface area contributed by atoms with E-state index in [0.29, 0.717) is 6.04 Å². The molecule has 4 nitrogen and oxygen atoms in total. The summed E-state index contributed by atoms with van der Waals surface area (Å²) in [5.74, 6) is 4.24. The van der Waals surface area contributed by atoms with E-state index in [4.69, 9.17) is 4.74 Å². The maximum Gasteiger partial charge on any atom is 0.410 e. The Bertz CT molecular complexity index is 735. The van der Waals surface area contributed by atoms with E-state index >= 15 is 0 Å². The summed E-state index contributed by atoms with van der Waals surface area (Å²) in [5.41, 5.74) is 1.15. The molecule has 1 aliphatic heterocycles. The number of nitrogens with zero attached hydrogens (tertiary/aromatic N) is 2. The molecule has 1 heterocycles. The number of carbonyl (C=O) groups excluding carboxylic acids is 1. The van der Waals surface area contributed by atoms with Crippen LogP contribution in [-0.4, -0.2) is 53.7 Å². The van der Waals surface area contributed by atoms with Gasteiger partial charge >= 0.3 is 6.09 Å². The smallest absolute Gasteiger partial charge is 0.410 e. The topological polar surface area (TPSA) is 32.8 Å². The quantitative estimate of drug-likeness (QED) is 0.723. The highest BCUT2D eigenvalue weighted by atomic mass is 16.6. The van der Waals surface area contributed by atoms with Gasteiger partial charge in [0, 0.05) is 32.2 Å². The van der Waals surface area contributed by atoms with Crippen molar-refractivity contribution in [2.75, 3.05) is 26.2 Å². The molecular weight excluding hydrogens is 360 g/mol. The van der Waals surface area contributed by atoms with Gasteiger partial charge in [0.05, 0.1) is 0 Å². The van der Waals surface area contributed by atoms with Crippen molar-refractivity contribution >= 4 is 6.09 Å². The zero-order valence-corrected chi connectivity index (χ0v) is 18.2. The Balaban J connectivity index is 1.30. The second-order valence-corrected chi connectivity index (χ2v) is 10.9. The maximum atomic E-state index is 12.5. The molecule has 1 saturated heterocycles. The summed E-state index contributed by atoms with van der Waals surface area (Å²) in [5, 5.41) is 0. The first-order valence-corrected chi connectivity index (χ1v) is 11.7. The number of amides is 1. The first kappa shape index (κ1) is 19.4. The standard InChI is InChI=1S/C25H36N2O2/c1-25(2,3)29-24(28)27-11-9-26(10-12-27)23-20-14-17-13-19(16-20)22(21(23)15-17)18-7-5-4-6-8-18/h4-8,17,19-23H,9-16H2,1-3H3. The molecule has 4 saturated carbocycles. The Kier molecular flexibility index (Phi) is 4.89. The minimum absolute atomic E-state index is 0.149. The second-order valence-electron chi connectivity index (χ2n) is 10.9. The molecule has 4 bridgehead atoms. The Morgan fingerprint density at radius 3 is 2.31 bits per heavy atom. The summed E-state index contributed by atoms with van der Waals surface area (Å²) in [7, 11) is 0. The van der Waals surface area contributed by atoms with Crippen LogP contribution in [-0.2, 0) is 4.74 Å². The Labute approximate surface area is 175 Å². The first-order chi connectivity index (χ1) is 13.9. The lowest BCUT2D eigenvalue weighted by Gasteiger charge is -2.61. The number of rotatable bonds is 2. The molecule has 0 spiro atoms. The van der Waals surface area contributed by atoms with E-state index in [1.165, 1.54) is 25.7 Å². The maximum absolute atomic E-state index is 12.5. The van der Waals surface area contributed by atoms with Gasteiger partial charge in [0.15, 0.2) is 0 Å². The normalized spacial score (nSPS) is 37.0. The summed E-state index contributed by atoms with van der Waals surface area (Å²) < 4.78 is 5.60. The van der Waals surface area contributed by atoms with E-state index in [9.17, 15) is 4.79 Å².